The van der Waals surface area contributed by atoms with Crippen LogP contribution in [0.1, 0.15) is 53.7 Å². The van der Waals surface area contributed by atoms with E-state index in [1.807, 2.05) is 13.8 Å². The minimum Gasteiger partial charge on any atom is -0.480 e. The molecule has 1 saturated heterocycles. The van der Waals surface area contributed by atoms with Gasteiger partial charge in [-0.05, 0) is 24.7 Å². The summed E-state index contributed by atoms with van der Waals surface area (Å²) >= 11 is 1.38. The number of carbonyl (C=O) groups is 2. The van der Waals surface area contributed by atoms with Crippen molar-refractivity contribution < 1.29 is 14.7 Å². The van der Waals surface area contributed by atoms with Crippen LogP contribution in [0.15, 0.2) is 6.20 Å². The lowest BCUT2D eigenvalue weighted by Crippen LogP contribution is -2.43. The van der Waals surface area contributed by atoms with Crippen molar-refractivity contribution in [3.05, 3.63) is 16.1 Å². The molecule has 1 N–H and O–H groups in total. The third-order valence-corrected chi connectivity index (χ3v) is 5.92. The van der Waals surface area contributed by atoms with Crippen molar-refractivity contribution in [1.82, 2.24) is 9.88 Å². The number of nitrogens with zero attached hydrogens (tertiary/aromatic N) is 2. The average Bonchev–Trinajstić information content (AvgIpc) is 3.11. The van der Waals surface area contributed by atoms with Gasteiger partial charge in [0.25, 0.3) is 5.91 Å². The van der Waals surface area contributed by atoms with Crippen molar-refractivity contribution in [3.63, 3.8) is 0 Å². The second-order valence-electron chi connectivity index (χ2n) is 6.31. The number of aromatic nitrogens is 1. The molecule has 114 valence electrons. The van der Waals surface area contributed by atoms with Gasteiger partial charge in [-0.3, -0.25) is 4.79 Å². The molecule has 1 aliphatic carbocycles. The fraction of sp³-hybridized carbons (Fsp3) is 0.667. The number of rotatable bonds is 3. The van der Waals surface area contributed by atoms with E-state index in [4.69, 9.17) is 0 Å². The van der Waals surface area contributed by atoms with Gasteiger partial charge in [0.05, 0.1) is 11.2 Å². The zero-order chi connectivity index (χ0) is 15.1. The summed E-state index contributed by atoms with van der Waals surface area (Å²) < 4.78 is 0. The highest BCUT2D eigenvalue weighted by Gasteiger charge is 2.49. The molecule has 1 saturated carbocycles. The Hall–Kier alpha value is -1.43. The number of thiazole rings is 1. The SMILES string of the molecule is CC(C)c1ncc(C(=O)N2CC3CCCC3C2C(=O)O)s1. The Bertz CT molecular complexity index is 569. The lowest BCUT2D eigenvalue weighted by atomic mass is 9.94. The molecule has 1 aromatic rings. The Morgan fingerprint density at radius 2 is 2.19 bits per heavy atom. The molecular weight excluding hydrogens is 288 g/mol. The van der Waals surface area contributed by atoms with Crippen LogP contribution in [-0.4, -0.2) is 39.5 Å². The number of carbonyl (C=O) groups excluding carboxylic acids is 1. The first-order valence-corrected chi connectivity index (χ1v) is 8.30. The van der Waals surface area contributed by atoms with Crippen molar-refractivity contribution in [1.29, 1.82) is 0 Å². The zero-order valence-electron chi connectivity index (χ0n) is 12.3. The van der Waals surface area contributed by atoms with Gasteiger partial charge in [0.2, 0.25) is 0 Å². The molecule has 0 radical (unpaired) electrons. The molecule has 0 spiro atoms. The van der Waals surface area contributed by atoms with E-state index in [0.717, 1.165) is 24.3 Å². The first-order chi connectivity index (χ1) is 9.99. The maximum atomic E-state index is 12.7. The lowest BCUT2D eigenvalue weighted by Gasteiger charge is -2.23. The van der Waals surface area contributed by atoms with Crippen LogP contribution in [-0.2, 0) is 4.79 Å². The van der Waals surface area contributed by atoms with E-state index < -0.39 is 12.0 Å². The molecule has 5 nitrogen and oxygen atoms in total. The third-order valence-electron chi connectivity index (χ3n) is 4.63. The van der Waals surface area contributed by atoms with Crippen LogP contribution in [0.25, 0.3) is 0 Å². The van der Waals surface area contributed by atoms with Crippen molar-refractivity contribution in [3.8, 4) is 0 Å². The van der Waals surface area contributed by atoms with Crippen molar-refractivity contribution in [2.75, 3.05) is 6.54 Å². The van der Waals surface area contributed by atoms with Crippen LogP contribution < -0.4 is 0 Å². The number of hydrogen-bond acceptors (Lipinski definition) is 4. The summed E-state index contributed by atoms with van der Waals surface area (Å²) in [4.78, 5) is 30.7. The second kappa shape index (κ2) is 5.40. The van der Waals surface area contributed by atoms with Crippen molar-refractivity contribution in [2.45, 2.75) is 45.1 Å². The van der Waals surface area contributed by atoms with E-state index in [1.54, 1.807) is 11.1 Å². The van der Waals surface area contributed by atoms with Crippen LogP contribution in [0.5, 0.6) is 0 Å². The first-order valence-electron chi connectivity index (χ1n) is 7.48. The zero-order valence-corrected chi connectivity index (χ0v) is 13.1. The highest BCUT2D eigenvalue weighted by atomic mass is 32.1. The summed E-state index contributed by atoms with van der Waals surface area (Å²) in [6.07, 6.45) is 4.64. The minimum atomic E-state index is -0.869. The van der Waals surface area contributed by atoms with E-state index in [2.05, 4.69) is 4.98 Å². The van der Waals surface area contributed by atoms with E-state index in [-0.39, 0.29) is 17.7 Å². The second-order valence-corrected chi connectivity index (χ2v) is 7.38. The summed E-state index contributed by atoms with van der Waals surface area (Å²) in [7, 11) is 0. The highest BCUT2D eigenvalue weighted by molar-refractivity contribution is 7.13. The van der Waals surface area contributed by atoms with Crippen molar-refractivity contribution >= 4 is 23.2 Å². The monoisotopic (exact) mass is 308 g/mol. The third kappa shape index (κ3) is 2.46. The van der Waals surface area contributed by atoms with Gasteiger partial charge in [-0.15, -0.1) is 11.3 Å². The topological polar surface area (TPSA) is 70.5 Å². The molecule has 0 aromatic carbocycles. The number of carboxylic acids is 1. The number of hydrogen-bond donors (Lipinski definition) is 1. The van der Waals surface area contributed by atoms with Gasteiger partial charge >= 0.3 is 5.97 Å². The van der Waals surface area contributed by atoms with Gasteiger partial charge in [0, 0.05) is 12.5 Å². The van der Waals surface area contributed by atoms with Gasteiger partial charge in [-0.2, -0.15) is 0 Å². The number of amides is 1. The fourth-order valence-electron chi connectivity index (χ4n) is 3.63. The fourth-order valence-corrected chi connectivity index (χ4v) is 4.50. The average molecular weight is 308 g/mol. The summed E-state index contributed by atoms with van der Waals surface area (Å²) in [6.45, 7) is 4.65. The number of carboxylic acid groups (broad SMARTS) is 1. The standard InChI is InChI=1S/C15H20N2O3S/c1-8(2)13-16-6-11(21-13)14(18)17-7-9-4-3-5-10(9)12(17)15(19)20/h6,8-10,12H,3-5,7H2,1-2H3,(H,19,20). The maximum Gasteiger partial charge on any atom is 0.326 e. The quantitative estimate of drug-likeness (QED) is 0.931. The molecule has 21 heavy (non-hydrogen) atoms. The van der Waals surface area contributed by atoms with Crippen molar-refractivity contribution in [2.24, 2.45) is 11.8 Å². The molecule has 0 bridgehead atoms. The van der Waals surface area contributed by atoms with Gasteiger partial charge in [0.15, 0.2) is 0 Å². The number of likely N-dealkylation sites (tertiary alicyclic amines) is 1. The molecule has 6 heteroatoms. The van der Waals surface area contributed by atoms with Gasteiger partial charge in [0.1, 0.15) is 10.9 Å². The predicted octanol–water partition coefficient (Wildman–Crippen LogP) is 2.59. The smallest absolute Gasteiger partial charge is 0.326 e. The molecule has 3 unspecified atom stereocenters. The summed E-state index contributed by atoms with van der Waals surface area (Å²) in [6, 6.07) is -0.658. The molecule has 3 rings (SSSR count). The Kier molecular flexibility index (Phi) is 3.73. The molecule has 2 heterocycles. The van der Waals surface area contributed by atoms with Crippen LogP contribution in [0.2, 0.25) is 0 Å². The molecule has 1 aliphatic heterocycles. The van der Waals surface area contributed by atoms with Gasteiger partial charge < -0.3 is 10.0 Å². The largest absolute Gasteiger partial charge is 0.480 e. The Morgan fingerprint density at radius 3 is 2.81 bits per heavy atom. The normalized spacial score (nSPS) is 28.1. The van der Waals surface area contributed by atoms with E-state index in [0.29, 0.717) is 17.3 Å². The summed E-state index contributed by atoms with van der Waals surface area (Å²) in [5.41, 5.74) is 0. The lowest BCUT2D eigenvalue weighted by molar-refractivity contribution is -0.142. The maximum absolute atomic E-state index is 12.7. The number of aliphatic carboxylic acids is 1. The van der Waals surface area contributed by atoms with Crippen LogP contribution >= 0.6 is 11.3 Å². The molecular formula is C15H20N2O3S. The van der Waals surface area contributed by atoms with Crippen LogP contribution in [0, 0.1) is 11.8 Å². The summed E-state index contributed by atoms with van der Waals surface area (Å²) in [5, 5.41) is 10.4. The van der Waals surface area contributed by atoms with E-state index in [9.17, 15) is 14.7 Å². The van der Waals surface area contributed by atoms with Gasteiger partial charge in [-0.25, -0.2) is 9.78 Å². The van der Waals surface area contributed by atoms with E-state index >= 15 is 0 Å². The van der Waals surface area contributed by atoms with Crippen LogP contribution in [0.3, 0.4) is 0 Å². The highest BCUT2D eigenvalue weighted by Crippen LogP contribution is 2.43. The minimum absolute atomic E-state index is 0.129. The Labute approximate surface area is 128 Å². The molecule has 3 atom stereocenters. The molecule has 2 fully saturated rings. The van der Waals surface area contributed by atoms with E-state index in [1.165, 1.54) is 11.3 Å². The van der Waals surface area contributed by atoms with Gasteiger partial charge in [-0.1, -0.05) is 20.3 Å². The number of fused-ring (bicyclic) bond motifs is 1. The summed E-state index contributed by atoms with van der Waals surface area (Å²) in [5.74, 6) is -0.270. The Morgan fingerprint density at radius 1 is 1.43 bits per heavy atom. The molecule has 1 amide bonds. The molecule has 1 aromatic heterocycles. The first kappa shape index (κ1) is 14.5. The molecule has 2 aliphatic rings. The Balaban J connectivity index is 1.84. The van der Waals surface area contributed by atoms with Crippen LogP contribution in [0.4, 0.5) is 0 Å². The predicted molar refractivity (Wildman–Crippen MR) is 79.5 cm³/mol.